The molecule has 3 nitrogen and oxygen atoms in total. The molecule has 0 aromatic rings. The number of thioether (sulfide) groups is 1. The highest BCUT2D eigenvalue weighted by Gasteiger charge is 2.21. The Balaban J connectivity index is 1.68. The average Bonchev–Trinajstić information content (AvgIpc) is 2.66. The van der Waals surface area contributed by atoms with Gasteiger partial charge in [0.05, 0.1) is 6.04 Å². The summed E-state index contributed by atoms with van der Waals surface area (Å²) in [4.78, 5) is 12.0. The van der Waals surface area contributed by atoms with E-state index < -0.39 is 0 Å². The van der Waals surface area contributed by atoms with Gasteiger partial charge in [0.25, 0.3) is 0 Å². The molecule has 98 valence electrons. The molecule has 2 atom stereocenters. The van der Waals surface area contributed by atoms with Crippen LogP contribution in [0.5, 0.6) is 0 Å². The summed E-state index contributed by atoms with van der Waals surface area (Å²) in [5, 5.41) is 7.13. The Kier molecular flexibility index (Phi) is 5.65. The summed E-state index contributed by atoms with van der Waals surface area (Å²) in [5.41, 5.74) is 0. The average molecular weight is 256 g/mol. The molecule has 4 heteroatoms. The predicted octanol–water partition coefficient (Wildman–Crippen LogP) is 1.92. The minimum atomic E-state index is 0.0612. The van der Waals surface area contributed by atoms with E-state index in [0.29, 0.717) is 5.25 Å². The van der Waals surface area contributed by atoms with Gasteiger partial charge in [0.2, 0.25) is 5.91 Å². The maximum absolute atomic E-state index is 12.0. The molecule has 2 heterocycles. The molecular weight excluding hydrogens is 232 g/mol. The number of nitrogens with one attached hydrogen (secondary N) is 2. The van der Waals surface area contributed by atoms with E-state index >= 15 is 0 Å². The molecule has 2 aliphatic rings. The van der Waals surface area contributed by atoms with Crippen molar-refractivity contribution in [1.29, 1.82) is 0 Å². The van der Waals surface area contributed by atoms with Crippen LogP contribution in [0.3, 0.4) is 0 Å². The third-order valence-corrected chi connectivity index (χ3v) is 5.05. The summed E-state index contributed by atoms with van der Waals surface area (Å²) < 4.78 is 0. The molecule has 2 unspecified atom stereocenters. The number of hydrogen-bond acceptors (Lipinski definition) is 3. The molecule has 0 spiro atoms. The van der Waals surface area contributed by atoms with Gasteiger partial charge in [0, 0.05) is 11.8 Å². The molecule has 2 N–H and O–H groups in total. The highest BCUT2D eigenvalue weighted by Crippen LogP contribution is 2.24. The topological polar surface area (TPSA) is 41.1 Å². The minimum Gasteiger partial charge on any atom is -0.354 e. The number of rotatable bonds is 3. The van der Waals surface area contributed by atoms with Crippen molar-refractivity contribution in [2.75, 3.05) is 18.8 Å². The van der Waals surface area contributed by atoms with Crippen molar-refractivity contribution in [3.63, 3.8) is 0 Å². The van der Waals surface area contributed by atoms with E-state index in [4.69, 9.17) is 0 Å². The lowest BCUT2D eigenvalue weighted by molar-refractivity contribution is -0.123. The lowest BCUT2D eigenvalue weighted by Crippen LogP contribution is -2.45. The Hall–Kier alpha value is -0.220. The van der Waals surface area contributed by atoms with Crippen molar-refractivity contribution in [3.8, 4) is 0 Å². The van der Waals surface area contributed by atoms with Gasteiger partial charge in [-0.1, -0.05) is 19.3 Å². The van der Waals surface area contributed by atoms with E-state index in [1.54, 1.807) is 0 Å². The van der Waals surface area contributed by atoms with Crippen LogP contribution in [0.25, 0.3) is 0 Å². The van der Waals surface area contributed by atoms with E-state index in [2.05, 4.69) is 10.6 Å². The summed E-state index contributed by atoms with van der Waals surface area (Å²) in [7, 11) is 0. The fourth-order valence-corrected chi connectivity index (χ4v) is 3.80. The van der Waals surface area contributed by atoms with Crippen molar-refractivity contribution in [2.45, 2.75) is 56.2 Å². The maximum atomic E-state index is 12.0. The zero-order valence-electron chi connectivity index (χ0n) is 10.5. The van der Waals surface area contributed by atoms with Gasteiger partial charge in [-0.05, 0) is 38.0 Å². The summed E-state index contributed by atoms with van der Waals surface area (Å²) in [6.45, 7) is 1.86. The lowest BCUT2D eigenvalue weighted by atomic mass is 10.1. The molecule has 0 bridgehead atoms. The molecule has 0 radical (unpaired) electrons. The monoisotopic (exact) mass is 256 g/mol. The number of carbonyl (C=O) groups is 1. The SMILES string of the molecule is O=C(NCC1CCCCS1)C1CCCCCN1. The Morgan fingerprint density at radius 2 is 2.06 bits per heavy atom. The highest BCUT2D eigenvalue weighted by atomic mass is 32.2. The van der Waals surface area contributed by atoms with E-state index in [9.17, 15) is 4.79 Å². The molecule has 0 aliphatic carbocycles. The van der Waals surface area contributed by atoms with Gasteiger partial charge in [-0.25, -0.2) is 0 Å². The lowest BCUT2D eigenvalue weighted by Gasteiger charge is -2.23. The van der Waals surface area contributed by atoms with Crippen molar-refractivity contribution < 1.29 is 4.79 Å². The Labute approximate surface area is 108 Å². The van der Waals surface area contributed by atoms with Gasteiger partial charge in [-0.3, -0.25) is 4.79 Å². The second-order valence-corrected chi connectivity index (χ2v) is 6.50. The molecule has 1 amide bonds. The van der Waals surface area contributed by atoms with Crippen molar-refractivity contribution in [1.82, 2.24) is 10.6 Å². The van der Waals surface area contributed by atoms with Gasteiger partial charge in [-0.2, -0.15) is 11.8 Å². The zero-order chi connectivity index (χ0) is 11.9. The van der Waals surface area contributed by atoms with Crippen LogP contribution in [0.15, 0.2) is 0 Å². The van der Waals surface area contributed by atoms with Gasteiger partial charge >= 0.3 is 0 Å². The van der Waals surface area contributed by atoms with Gasteiger partial charge in [-0.15, -0.1) is 0 Å². The fraction of sp³-hybridized carbons (Fsp3) is 0.923. The standard InChI is InChI=1S/C13H24N2OS/c16-13(12-7-2-1-4-8-14-12)15-10-11-6-3-5-9-17-11/h11-12,14H,1-10H2,(H,15,16). The summed E-state index contributed by atoms with van der Waals surface area (Å²) in [6.07, 6.45) is 8.60. The maximum Gasteiger partial charge on any atom is 0.237 e. The van der Waals surface area contributed by atoms with E-state index in [0.717, 1.165) is 19.5 Å². The van der Waals surface area contributed by atoms with Crippen LogP contribution in [0.1, 0.15) is 44.9 Å². The largest absolute Gasteiger partial charge is 0.354 e. The fourth-order valence-electron chi connectivity index (χ4n) is 2.56. The Bertz CT molecular complexity index is 234. The van der Waals surface area contributed by atoms with Crippen LogP contribution in [-0.4, -0.2) is 36.0 Å². The van der Waals surface area contributed by atoms with Crippen molar-refractivity contribution in [2.24, 2.45) is 0 Å². The molecule has 0 aromatic heterocycles. The van der Waals surface area contributed by atoms with Crippen LogP contribution in [-0.2, 0) is 4.79 Å². The number of carbonyl (C=O) groups excluding carboxylic acids is 1. The highest BCUT2D eigenvalue weighted by molar-refractivity contribution is 7.99. The summed E-state index contributed by atoms with van der Waals surface area (Å²) in [6, 6.07) is 0.0612. The summed E-state index contributed by atoms with van der Waals surface area (Å²) in [5.74, 6) is 1.49. The number of amides is 1. The Morgan fingerprint density at radius 1 is 1.18 bits per heavy atom. The summed E-state index contributed by atoms with van der Waals surface area (Å²) >= 11 is 2.02. The molecule has 2 fully saturated rings. The third-order valence-electron chi connectivity index (χ3n) is 3.65. The zero-order valence-corrected chi connectivity index (χ0v) is 11.4. The van der Waals surface area contributed by atoms with E-state index in [1.165, 1.54) is 44.3 Å². The van der Waals surface area contributed by atoms with Gasteiger partial charge in [0.1, 0.15) is 0 Å². The van der Waals surface area contributed by atoms with E-state index in [1.807, 2.05) is 11.8 Å². The van der Waals surface area contributed by atoms with Crippen molar-refractivity contribution >= 4 is 17.7 Å². The molecule has 17 heavy (non-hydrogen) atoms. The first kappa shape index (κ1) is 13.2. The van der Waals surface area contributed by atoms with Crippen LogP contribution >= 0.6 is 11.8 Å². The molecule has 2 rings (SSSR count). The third kappa shape index (κ3) is 4.51. The van der Waals surface area contributed by atoms with Crippen LogP contribution in [0.2, 0.25) is 0 Å². The van der Waals surface area contributed by atoms with Gasteiger partial charge in [0.15, 0.2) is 0 Å². The van der Waals surface area contributed by atoms with E-state index in [-0.39, 0.29) is 11.9 Å². The Morgan fingerprint density at radius 3 is 2.88 bits per heavy atom. The van der Waals surface area contributed by atoms with Gasteiger partial charge < -0.3 is 10.6 Å². The molecule has 2 aliphatic heterocycles. The molecule has 0 aromatic carbocycles. The predicted molar refractivity (Wildman–Crippen MR) is 73.4 cm³/mol. The second-order valence-electron chi connectivity index (χ2n) is 5.09. The second kappa shape index (κ2) is 7.27. The van der Waals surface area contributed by atoms with Crippen LogP contribution in [0.4, 0.5) is 0 Å². The van der Waals surface area contributed by atoms with Crippen LogP contribution in [0, 0.1) is 0 Å². The normalized spacial score (nSPS) is 30.6. The smallest absolute Gasteiger partial charge is 0.237 e. The quantitative estimate of drug-likeness (QED) is 0.810. The molecule has 2 saturated heterocycles. The first-order valence-electron chi connectivity index (χ1n) is 6.99. The molecular formula is C13H24N2OS. The van der Waals surface area contributed by atoms with Crippen LogP contribution < -0.4 is 10.6 Å². The number of hydrogen-bond donors (Lipinski definition) is 2. The first-order chi connectivity index (χ1) is 8.36. The first-order valence-corrected chi connectivity index (χ1v) is 8.04. The minimum absolute atomic E-state index is 0.0612. The van der Waals surface area contributed by atoms with Crippen molar-refractivity contribution in [3.05, 3.63) is 0 Å². The molecule has 0 saturated carbocycles.